The molecular formula is C28H27FN2O4. The number of aromatic nitrogens is 1. The summed E-state index contributed by atoms with van der Waals surface area (Å²) in [6, 6.07) is 15.5. The van der Waals surface area contributed by atoms with E-state index < -0.39 is 17.7 Å². The van der Waals surface area contributed by atoms with E-state index in [2.05, 4.69) is 4.98 Å². The SMILES string of the molecule is Cc1cc(/C(O)=C2/C(=O)C(=O)N(CCc3ccc(F)cc3)C2c2ccccn2)ccc1OC(C)C. The second kappa shape index (κ2) is 10.1. The van der Waals surface area contributed by atoms with Gasteiger partial charge in [0.25, 0.3) is 11.7 Å². The van der Waals surface area contributed by atoms with E-state index >= 15 is 0 Å². The zero-order valence-electron chi connectivity index (χ0n) is 19.9. The molecule has 4 rings (SSSR count). The van der Waals surface area contributed by atoms with Crippen molar-refractivity contribution in [3.8, 4) is 5.75 Å². The van der Waals surface area contributed by atoms with Crippen molar-refractivity contribution in [3.05, 3.63) is 101 Å². The lowest BCUT2D eigenvalue weighted by molar-refractivity contribution is -0.139. The molecule has 1 amide bonds. The first-order valence-electron chi connectivity index (χ1n) is 11.5. The molecule has 2 heterocycles. The fourth-order valence-corrected chi connectivity index (χ4v) is 4.19. The number of amides is 1. The number of likely N-dealkylation sites (tertiary alicyclic amines) is 1. The van der Waals surface area contributed by atoms with Gasteiger partial charge < -0.3 is 14.7 Å². The number of hydrogen-bond donors (Lipinski definition) is 1. The number of ketones is 1. The van der Waals surface area contributed by atoms with Crippen LogP contribution in [0.4, 0.5) is 4.39 Å². The van der Waals surface area contributed by atoms with E-state index in [4.69, 9.17) is 4.74 Å². The predicted molar refractivity (Wildman–Crippen MR) is 130 cm³/mol. The zero-order valence-corrected chi connectivity index (χ0v) is 19.9. The summed E-state index contributed by atoms with van der Waals surface area (Å²) in [6.07, 6.45) is 1.98. The highest BCUT2D eigenvalue weighted by Gasteiger charge is 2.46. The van der Waals surface area contributed by atoms with Gasteiger partial charge >= 0.3 is 0 Å². The van der Waals surface area contributed by atoms with Gasteiger partial charge in [0.2, 0.25) is 0 Å². The van der Waals surface area contributed by atoms with E-state index in [-0.39, 0.29) is 29.8 Å². The number of benzene rings is 2. The highest BCUT2D eigenvalue weighted by atomic mass is 19.1. The summed E-state index contributed by atoms with van der Waals surface area (Å²) in [5, 5.41) is 11.2. The van der Waals surface area contributed by atoms with Crippen molar-refractivity contribution in [2.75, 3.05) is 6.54 Å². The van der Waals surface area contributed by atoms with Gasteiger partial charge in [-0.25, -0.2) is 4.39 Å². The van der Waals surface area contributed by atoms with E-state index in [1.165, 1.54) is 17.0 Å². The molecular weight excluding hydrogens is 447 g/mol. The molecule has 180 valence electrons. The topological polar surface area (TPSA) is 79.7 Å². The Kier molecular flexibility index (Phi) is 6.96. The molecule has 1 saturated heterocycles. The van der Waals surface area contributed by atoms with Gasteiger partial charge in [-0.3, -0.25) is 14.6 Å². The molecule has 1 atom stereocenters. The van der Waals surface area contributed by atoms with Crippen LogP contribution in [0.1, 0.15) is 42.3 Å². The van der Waals surface area contributed by atoms with E-state index in [0.29, 0.717) is 23.4 Å². The number of pyridine rings is 1. The van der Waals surface area contributed by atoms with Crippen LogP contribution >= 0.6 is 0 Å². The van der Waals surface area contributed by atoms with E-state index in [9.17, 15) is 19.1 Å². The Morgan fingerprint density at radius 2 is 1.86 bits per heavy atom. The van der Waals surface area contributed by atoms with Crippen molar-refractivity contribution >= 4 is 17.4 Å². The maximum absolute atomic E-state index is 13.3. The smallest absolute Gasteiger partial charge is 0.295 e. The maximum Gasteiger partial charge on any atom is 0.295 e. The van der Waals surface area contributed by atoms with Crippen molar-refractivity contribution in [2.24, 2.45) is 0 Å². The molecule has 1 fully saturated rings. The summed E-state index contributed by atoms with van der Waals surface area (Å²) >= 11 is 0. The number of carbonyl (C=O) groups is 2. The van der Waals surface area contributed by atoms with Gasteiger partial charge in [-0.15, -0.1) is 0 Å². The van der Waals surface area contributed by atoms with Crippen LogP contribution < -0.4 is 4.74 Å². The number of carbonyl (C=O) groups excluding carboxylic acids is 2. The van der Waals surface area contributed by atoms with Crippen LogP contribution in [0.3, 0.4) is 0 Å². The molecule has 1 N–H and O–H groups in total. The maximum atomic E-state index is 13.3. The zero-order chi connectivity index (χ0) is 25.1. The van der Waals surface area contributed by atoms with Crippen molar-refractivity contribution in [1.29, 1.82) is 0 Å². The molecule has 1 aromatic heterocycles. The first-order valence-corrected chi connectivity index (χ1v) is 11.5. The number of aryl methyl sites for hydroxylation is 1. The highest BCUT2D eigenvalue weighted by molar-refractivity contribution is 6.46. The third-order valence-electron chi connectivity index (χ3n) is 5.87. The molecule has 0 aliphatic carbocycles. The van der Waals surface area contributed by atoms with Gasteiger partial charge in [0.1, 0.15) is 23.4 Å². The highest BCUT2D eigenvalue weighted by Crippen LogP contribution is 2.39. The van der Waals surface area contributed by atoms with Gasteiger partial charge in [0, 0.05) is 18.3 Å². The fourth-order valence-electron chi connectivity index (χ4n) is 4.19. The van der Waals surface area contributed by atoms with Gasteiger partial charge in [-0.2, -0.15) is 0 Å². The van der Waals surface area contributed by atoms with Gasteiger partial charge in [0.15, 0.2) is 0 Å². The standard InChI is InChI=1S/C28H27FN2O4/c1-17(2)35-23-12-9-20(16-18(23)3)26(32)24-25(22-6-4-5-14-30-22)31(28(34)27(24)33)15-13-19-7-10-21(29)11-8-19/h4-12,14,16-17,25,32H,13,15H2,1-3H3/b26-24-. The Balaban J connectivity index is 1.74. The minimum Gasteiger partial charge on any atom is -0.507 e. The number of Topliss-reactive ketones (excluding diaryl/α,β-unsaturated/α-hetero) is 1. The summed E-state index contributed by atoms with van der Waals surface area (Å²) in [4.78, 5) is 32.0. The Morgan fingerprint density at radius 1 is 1.11 bits per heavy atom. The molecule has 3 aromatic rings. The van der Waals surface area contributed by atoms with E-state index in [1.807, 2.05) is 20.8 Å². The minimum absolute atomic E-state index is 0.00951. The summed E-state index contributed by atoms with van der Waals surface area (Å²) in [5.41, 5.74) is 2.50. The van der Waals surface area contributed by atoms with E-state index in [1.54, 1.807) is 54.7 Å². The van der Waals surface area contributed by atoms with Crippen LogP contribution in [0.15, 0.2) is 72.4 Å². The molecule has 0 saturated carbocycles. The average molecular weight is 475 g/mol. The van der Waals surface area contributed by atoms with Gasteiger partial charge in [-0.05, 0) is 80.8 Å². The quantitative estimate of drug-likeness (QED) is 0.297. The fraction of sp³-hybridized carbons (Fsp3) is 0.250. The Bertz CT molecular complexity index is 1270. The molecule has 2 aromatic carbocycles. The molecule has 0 bridgehead atoms. The average Bonchev–Trinajstić information content (AvgIpc) is 3.09. The number of hydrogen-bond acceptors (Lipinski definition) is 5. The summed E-state index contributed by atoms with van der Waals surface area (Å²) in [6.45, 7) is 5.90. The third kappa shape index (κ3) is 5.09. The lowest BCUT2D eigenvalue weighted by Gasteiger charge is -2.24. The molecule has 1 unspecified atom stereocenters. The first-order chi connectivity index (χ1) is 16.8. The van der Waals surface area contributed by atoms with Gasteiger partial charge in [0.05, 0.1) is 17.4 Å². The Labute approximate surface area is 203 Å². The van der Waals surface area contributed by atoms with Crippen LogP contribution in [0.2, 0.25) is 0 Å². The number of halogens is 1. The summed E-state index contributed by atoms with van der Waals surface area (Å²) in [5.74, 6) is -1.40. The molecule has 35 heavy (non-hydrogen) atoms. The van der Waals surface area contributed by atoms with Crippen LogP contribution in [-0.2, 0) is 16.0 Å². The largest absolute Gasteiger partial charge is 0.507 e. The number of aliphatic hydroxyl groups excluding tert-OH is 1. The number of ether oxygens (including phenoxy) is 1. The van der Waals surface area contributed by atoms with Crippen molar-refractivity contribution in [2.45, 2.75) is 39.3 Å². The summed E-state index contributed by atoms with van der Waals surface area (Å²) in [7, 11) is 0. The number of rotatable bonds is 7. The van der Waals surface area contributed by atoms with Crippen LogP contribution in [0.5, 0.6) is 5.75 Å². The van der Waals surface area contributed by atoms with Crippen molar-refractivity contribution in [3.63, 3.8) is 0 Å². The Hall–Kier alpha value is -4.00. The van der Waals surface area contributed by atoms with Crippen molar-refractivity contribution < 1.29 is 23.8 Å². The third-order valence-corrected chi connectivity index (χ3v) is 5.87. The second-order valence-corrected chi connectivity index (χ2v) is 8.77. The monoisotopic (exact) mass is 474 g/mol. The molecule has 1 aliphatic rings. The molecule has 0 radical (unpaired) electrons. The first kappa shape index (κ1) is 24.1. The molecule has 6 nitrogen and oxygen atoms in total. The second-order valence-electron chi connectivity index (χ2n) is 8.77. The van der Waals surface area contributed by atoms with Crippen molar-refractivity contribution in [1.82, 2.24) is 9.88 Å². The number of aliphatic hydroxyl groups is 1. The summed E-state index contributed by atoms with van der Waals surface area (Å²) < 4.78 is 19.1. The van der Waals surface area contributed by atoms with Crippen LogP contribution in [-0.4, -0.2) is 39.3 Å². The van der Waals surface area contributed by atoms with E-state index in [0.717, 1.165) is 11.1 Å². The molecule has 7 heteroatoms. The minimum atomic E-state index is -0.844. The molecule has 1 aliphatic heterocycles. The van der Waals surface area contributed by atoms with Crippen LogP contribution in [0.25, 0.3) is 5.76 Å². The lowest BCUT2D eigenvalue weighted by Crippen LogP contribution is -2.32. The van der Waals surface area contributed by atoms with Gasteiger partial charge in [-0.1, -0.05) is 18.2 Å². The predicted octanol–water partition coefficient (Wildman–Crippen LogP) is 4.98. The number of nitrogens with zero attached hydrogens (tertiary/aromatic N) is 2. The van der Waals surface area contributed by atoms with Crippen LogP contribution in [0, 0.1) is 12.7 Å². The molecule has 0 spiro atoms. The Morgan fingerprint density at radius 3 is 2.49 bits per heavy atom. The normalized spacial score (nSPS) is 17.3. The lowest BCUT2D eigenvalue weighted by atomic mass is 9.97.